The Labute approximate surface area is 437 Å². The maximum Gasteiger partial charge on any atom is 0.410 e. The first-order valence-electron chi connectivity index (χ1n) is 23.5. The van der Waals surface area contributed by atoms with Crippen molar-refractivity contribution in [1.29, 1.82) is 0 Å². The fraction of sp³-hybridized carbons (Fsp3) is 0.519. The zero-order chi connectivity index (χ0) is 55.4. The maximum absolute atomic E-state index is 11.9. The van der Waals surface area contributed by atoms with Crippen LogP contribution in [-0.4, -0.2) is 119 Å². The summed E-state index contributed by atoms with van der Waals surface area (Å²) in [5, 5.41) is 20.7. The van der Waals surface area contributed by atoms with Crippen molar-refractivity contribution in [2.45, 2.75) is 145 Å². The molecule has 3 N–H and O–H groups in total. The van der Waals surface area contributed by atoms with Crippen molar-refractivity contribution in [1.82, 2.24) is 20.0 Å². The summed E-state index contributed by atoms with van der Waals surface area (Å²) in [4.78, 5) is 72.7. The average Bonchev–Trinajstić information content (AvgIpc) is 3.84. The van der Waals surface area contributed by atoms with Crippen LogP contribution in [0.3, 0.4) is 0 Å². The number of carboxylic acid groups (broad SMARTS) is 2. The first-order chi connectivity index (χ1) is 33.2. The number of carboxylic acids is 2. The molecular weight excluding hydrogens is 968 g/mol. The summed E-state index contributed by atoms with van der Waals surface area (Å²) in [7, 11) is 7.14. The molecule has 0 aliphatic carbocycles. The number of rotatable bonds is 13. The molecule has 0 atom stereocenters. The largest absolute Gasteiger partial charge is 0.481 e. The molecule has 402 valence electrons. The van der Waals surface area contributed by atoms with Crippen LogP contribution in [0.25, 0.3) is 0 Å². The van der Waals surface area contributed by atoms with E-state index in [4.69, 9.17) is 52.4 Å². The van der Waals surface area contributed by atoms with Crippen molar-refractivity contribution in [2.24, 2.45) is 0 Å². The van der Waals surface area contributed by atoms with Crippen molar-refractivity contribution in [3.8, 4) is 0 Å². The quantitative estimate of drug-likeness (QED) is 0.0830. The highest BCUT2D eigenvalue weighted by Gasteiger charge is 2.22. The summed E-state index contributed by atoms with van der Waals surface area (Å²) < 4.78 is 20.6. The van der Waals surface area contributed by atoms with Gasteiger partial charge in [0.1, 0.15) is 22.0 Å². The zero-order valence-corrected chi connectivity index (χ0v) is 46.6. The molecule has 0 saturated carbocycles. The molecule has 16 nitrogen and oxygen atoms in total. The van der Waals surface area contributed by atoms with Crippen molar-refractivity contribution >= 4 is 58.7 Å². The summed E-state index contributed by atoms with van der Waals surface area (Å²) in [5.41, 5.74) is 4.20. The van der Waals surface area contributed by atoms with Gasteiger partial charge in [-0.3, -0.25) is 14.4 Å². The molecule has 1 aliphatic rings. The van der Waals surface area contributed by atoms with Crippen LogP contribution in [-0.2, 0) is 72.2 Å². The summed E-state index contributed by atoms with van der Waals surface area (Å²) in [5.74, 6) is -1.79. The van der Waals surface area contributed by atoms with Gasteiger partial charge >= 0.3 is 30.2 Å². The van der Waals surface area contributed by atoms with E-state index in [-0.39, 0.29) is 25.8 Å². The van der Waals surface area contributed by atoms with Crippen molar-refractivity contribution in [3.63, 3.8) is 0 Å². The van der Waals surface area contributed by atoms with E-state index in [0.29, 0.717) is 24.2 Å². The number of carbonyl (C=O) groups excluding carboxylic acids is 4. The van der Waals surface area contributed by atoms with Crippen LogP contribution in [0.2, 0.25) is 0 Å². The molecule has 3 aromatic carbocycles. The SMILES string of the molecule is C1CCOC1.CC(C)(C)OC(=O)NCc1ccccc1CC(=O)O.CC(C)=C(Cl)N(C)C.CN(Cc1ccccc1CC(=O)Cl)C(=O)OC(C)(C)C.CN(Cc1ccccc1CC(=O)O)C(=O)OC(C)(C)C. The summed E-state index contributed by atoms with van der Waals surface area (Å²) in [6.45, 7) is 23.1. The molecule has 1 aliphatic heterocycles. The fourth-order valence-electron chi connectivity index (χ4n) is 5.91. The molecule has 1 saturated heterocycles. The molecule has 0 aromatic heterocycles. The van der Waals surface area contributed by atoms with Gasteiger partial charge in [-0.1, -0.05) is 84.4 Å². The summed E-state index contributed by atoms with van der Waals surface area (Å²) in [6, 6.07) is 21.7. The molecule has 1 heterocycles. The first-order valence-corrected chi connectivity index (χ1v) is 24.2. The van der Waals surface area contributed by atoms with Gasteiger partial charge in [0.2, 0.25) is 5.24 Å². The second-order valence-electron chi connectivity index (χ2n) is 20.0. The van der Waals surface area contributed by atoms with Gasteiger partial charge in [-0.15, -0.1) is 0 Å². The lowest BCUT2D eigenvalue weighted by Gasteiger charge is -2.25. The van der Waals surface area contributed by atoms with Crippen LogP contribution in [0.4, 0.5) is 14.4 Å². The number of aliphatic carboxylic acids is 2. The van der Waals surface area contributed by atoms with Crippen LogP contribution in [0.5, 0.6) is 0 Å². The van der Waals surface area contributed by atoms with Crippen molar-refractivity contribution in [2.75, 3.05) is 41.4 Å². The van der Waals surface area contributed by atoms with E-state index in [1.807, 2.05) is 90.0 Å². The standard InChI is InChI=1S/C15H20ClNO3.C15H21NO4.C14H19NO4.C6H12ClN.C4H8O/c1-15(2,3)20-14(19)17(4)10-12-8-6-5-7-11(12)9-13(16)18;1-15(2,3)20-14(19)16(4)10-12-8-6-5-7-11(12)9-13(17)18;1-14(2,3)19-13(18)15-9-11-7-5-4-6-10(11)8-12(16)17;1-5(2)6(7)8(3)4;1-2-4-5-3-1/h5-8H,9-10H2,1-4H3;5-8H,9-10H2,1-4H3,(H,17,18);4-7H,8-9H2,1-3H3,(H,15,18)(H,16,17);1-4H3;1-4H2. The summed E-state index contributed by atoms with van der Waals surface area (Å²) in [6.07, 6.45) is 1.24. The first kappa shape index (κ1) is 66.2. The molecule has 18 heteroatoms. The van der Waals surface area contributed by atoms with Crippen LogP contribution in [0, 0.1) is 0 Å². The molecule has 4 rings (SSSR count). The Hall–Kier alpha value is -5.84. The lowest BCUT2D eigenvalue weighted by atomic mass is 10.0. The van der Waals surface area contributed by atoms with Crippen LogP contribution < -0.4 is 5.32 Å². The Morgan fingerprint density at radius 1 is 0.556 bits per heavy atom. The van der Waals surface area contributed by atoms with E-state index < -0.39 is 52.3 Å². The molecule has 3 amide bonds. The molecule has 0 bridgehead atoms. The third-order valence-electron chi connectivity index (χ3n) is 9.05. The number of halogens is 2. The zero-order valence-electron chi connectivity index (χ0n) is 45.1. The molecule has 0 radical (unpaired) electrons. The lowest BCUT2D eigenvalue weighted by Crippen LogP contribution is -2.34. The number of nitrogens with one attached hydrogen (secondary N) is 1. The monoisotopic (exact) mass is 1050 g/mol. The number of amides is 3. The Bertz CT molecular complexity index is 2100. The number of benzene rings is 3. The maximum atomic E-state index is 11.9. The third kappa shape index (κ3) is 32.9. The Morgan fingerprint density at radius 3 is 1.17 bits per heavy atom. The van der Waals surface area contributed by atoms with Crippen molar-refractivity contribution < 1.29 is 57.9 Å². The number of nitrogens with zero attached hydrogens (tertiary/aromatic N) is 3. The topological polar surface area (TPSA) is 202 Å². The molecule has 1 fully saturated rings. The normalized spacial score (nSPS) is 11.6. The molecule has 72 heavy (non-hydrogen) atoms. The van der Waals surface area contributed by atoms with Crippen LogP contribution >= 0.6 is 23.2 Å². The molecule has 3 aromatic rings. The number of carbonyl (C=O) groups is 6. The van der Waals surface area contributed by atoms with E-state index in [9.17, 15) is 28.8 Å². The smallest absolute Gasteiger partial charge is 0.410 e. The van der Waals surface area contributed by atoms with Gasteiger partial charge in [0.15, 0.2) is 0 Å². The number of alkyl carbamates (subject to hydrolysis) is 1. The van der Waals surface area contributed by atoms with Crippen LogP contribution in [0.1, 0.15) is 122 Å². The number of ether oxygens (including phenoxy) is 4. The van der Waals surface area contributed by atoms with Crippen LogP contribution in [0.15, 0.2) is 83.5 Å². The number of hydrogen-bond acceptors (Lipinski definition) is 11. The van der Waals surface area contributed by atoms with E-state index in [1.165, 1.54) is 22.6 Å². The predicted molar refractivity (Wildman–Crippen MR) is 283 cm³/mol. The Kier molecular flexibility index (Phi) is 30.3. The Morgan fingerprint density at radius 2 is 0.889 bits per heavy atom. The third-order valence-corrected chi connectivity index (χ3v) is 9.90. The van der Waals surface area contributed by atoms with E-state index >= 15 is 0 Å². The highest BCUT2D eigenvalue weighted by Crippen LogP contribution is 2.18. The van der Waals surface area contributed by atoms with Gasteiger partial charge in [-0.25, -0.2) is 14.4 Å². The fourth-order valence-corrected chi connectivity index (χ4v) is 6.05. The van der Waals surface area contributed by atoms with Gasteiger partial charge in [0, 0.05) is 67.5 Å². The lowest BCUT2D eigenvalue weighted by molar-refractivity contribution is -0.137. The van der Waals surface area contributed by atoms with Gasteiger partial charge in [-0.2, -0.15) is 0 Å². The van der Waals surface area contributed by atoms with Gasteiger partial charge < -0.3 is 49.2 Å². The van der Waals surface area contributed by atoms with Crippen molar-refractivity contribution in [3.05, 3.63) is 117 Å². The highest BCUT2D eigenvalue weighted by atomic mass is 35.5. The predicted octanol–water partition coefficient (Wildman–Crippen LogP) is 11.2. The minimum atomic E-state index is -0.898. The van der Waals surface area contributed by atoms with Gasteiger partial charge in [-0.05, 0) is 140 Å². The number of hydrogen-bond donors (Lipinski definition) is 3. The molecule has 0 unspecified atom stereocenters. The average molecular weight is 1050 g/mol. The van der Waals surface area contributed by atoms with E-state index in [2.05, 4.69) is 5.32 Å². The number of allylic oxidation sites excluding steroid dienone is 1. The summed E-state index contributed by atoms with van der Waals surface area (Å²) >= 11 is 11.2. The second-order valence-corrected chi connectivity index (χ2v) is 20.8. The van der Waals surface area contributed by atoms with E-state index in [0.717, 1.165) is 46.2 Å². The van der Waals surface area contributed by atoms with Gasteiger partial charge in [0.25, 0.3) is 0 Å². The Balaban J connectivity index is 0.000000931. The van der Waals surface area contributed by atoms with E-state index in [1.54, 1.807) is 92.0 Å². The highest BCUT2D eigenvalue weighted by molar-refractivity contribution is 6.63. The molecule has 0 spiro atoms. The van der Waals surface area contributed by atoms with Gasteiger partial charge in [0.05, 0.1) is 12.8 Å². The molecular formula is C54H80Cl2N4O12. The second kappa shape index (κ2) is 33.0. The minimum absolute atomic E-state index is 0.0572. The minimum Gasteiger partial charge on any atom is -0.481 e.